The number of carbonyl (C=O) groups is 1. The van der Waals surface area contributed by atoms with Gasteiger partial charge in [-0.25, -0.2) is 0 Å². The molecule has 0 aromatic heterocycles. The number of nitrogens with one attached hydrogen (secondary N) is 1. The van der Waals surface area contributed by atoms with Gasteiger partial charge in [-0.1, -0.05) is 6.92 Å². The highest BCUT2D eigenvalue weighted by Gasteiger charge is 2.15. The van der Waals surface area contributed by atoms with Gasteiger partial charge in [-0.05, 0) is 43.1 Å². The summed E-state index contributed by atoms with van der Waals surface area (Å²) in [4.78, 5) is 13.6. The van der Waals surface area contributed by atoms with E-state index in [9.17, 15) is 4.79 Å². The van der Waals surface area contributed by atoms with Crippen molar-refractivity contribution >= 4 is 11.6 Å². The zero-order chi connectivity index (χ0) is 13.0. The van der Waals surface area contributed by atoms with Gasteiger partial charge in [0.05, 0.1) is 13.2 Å². The van der Waals surface area contributed by atoms with E-state index >= 15 is 0 Å². The van der Waals surface area contributed by atoms with Crippen LogP contribution in [0.2, 0.25) is 0 Å². The van der Waals surface area contributed by atoms with Crippen LogP contribution in [0.25, 0.3) is 0 Å². The number of amides is 1. The zero-order valence-corrected chi connectivity index (χ0v) is 11.0. The number of anilines is 1. The Morgan fingerprint density at radius 3 is 3.11 bits per heavy atom. The smallest absolute Gasteiger partial charge is 0.240 e. The predicted octanol–water partition coefficient (Wildman–Crippen LogP) is 1.58. The lowest BCUT2D eigenvalue weighted by Gasteiger charge is -2.22. The van der Waals surface area contributed by atoms with E-state index in [-0.39, 0.29) is 5.91 Å². The van der Waals surface area contributed by atoms with Crippen LogP contribution in [0.1, 0.15) is 18.9 Å². The van der Waals surface area contributed by atoms with Crippen LogP contribution in [-0.4, -0.2) is 32.7 Å². The molecule has 1 aliphatic heterocycles. The van der Waals surface area contributed by atoms with E-state index in [0.29, 0.717) is 6.54 Å². The highest BCUT2D eigenvalue weighted by atomic mass is 16.5. The lowest BCUT2D eigenvalue weighted by Crippen LogP contribution is -2.35. The average molecular weight is 248 g/mol. The topological polar surface area (TPSA) is 41.6 Å². The van der Waals surface area contributed by atoms with Gasteiger partial charge in [-0.3, -0.25) is 4.79 Å². The Morgan fingerprint density at radius 1 is 1.50 bits per heavy atom. The van der Waals surface area contributed by atoms with Crippen molar-refractivity contribution < 1.29 is 9.53 Å². The number of rotatable bonds is 4. The van der Waals surface area contributed by atoms with Gasteiger partial charge in [0, 0.05) is 12.7 Å². The van der Waals surface area contributed by atoms with Gasteiger partial charge in [-0.15, -0.1) is 0 Å². The van der Waals surface area contributed by atoms with Crippen molar-refractivity contribution in [3.63, 3.8) is 0 Å². The number of nitrogens with zero attached hydrogens (tertiary/aromatic N) is 1. The van der Waals surface area contributed by atoms with Crippen molar-refractivity contribution in [3.8, 4) is 5.75 Å². The highest BCUT2D eigenvalue weighted by Crippen LogP contribution is 2.28. The zero-order valence-electron chi connectivity index (χ0n) is 11.0. The van der Waals surface area contributed by atoms with Crippen molar-refractivity contribution in [1.29, 1.82) is 0 Å². The summed E-state index contributed by atoms with van der Waals surface area (Å²) in [6, 6.07) is 5.95. The number of hydrogen-bond acceptors (Lipinski definition) is 3. The lowest BCUT2D eigenvalue weighted by atomic mass is 10.1. The summed E-state index contributed by atoms with van der Waals surface area (Å²) in [5, 5.41) is 3.05. The molecule has 4 nitrogen and oxygen atoms in total. The first-order chi connectivity index (χ1) is 8.72. The molecule has 2 rings (SSSR count). The molecule has 0 spiro atoms. The maximum absolute atomic E-state index is 11.9. The predicted molar refractivity (Wildman–Crippen MR) is 72.2 cm³/mol. The van der Waals surface area contributed by atoms with Crippen molar-refractivity contribution in [1.82, 2.24) is 5.32 Å². The normalized spacial score (nSPS) is 13.7. The third-order valence-corrected chi connectivity index (χ3v) is 3.18. The van der Waals surface area contributed by atoms with Gasteiger partial charge < -0.3 is 15.0 Å². The summed E-state index contributed by atoms with van der Waals surface area (Å²) in [7, 11) is 1.81. The summed E-state index contributed by atoms with van der Waals surface area (Å²) in [6.07, 6.45) is 2.07. The standard InChI is InChI=1S/C14H20N2O2/c1-3-15-10-14(17)16(2)12-6-7-13-11(9-12)5-4-8-18-13/h6-7,9,15H,3-5,8,10H2,1-2H3. The molecule has 18 heavy (non-hydrogen) atoms. The molecule has 0 unspecified atom stereocenters. The molecule has 0 saturated heterocycles. The summed E-state index contributed by atoms with van der Waals surface area (Å²) in [5.74, 6) is 1.03. The number of hydrogen-bond donors (Lipinski definition) is 1. The molecule has 1 aromatic rings. The molecule has 1 amide bonds. The molecule has 1 aliphatic rings. The SMILES string of the molecule is CCNCC(=O)N(C)c1ccc2c(c1)CCCO2. The lowest BCUT2D eigenvalue weighted by molar-refractivity contribution is -0.117. The molecular weight excluding hydrogens is 228 g/mol. The summed E-state index contributed by atoms with van der Waals surface area (Å²) in [6.45, 7) is 3.96. The van der Waals surface area contributed by atoms with Crippen LogP contribution >= 0.6 is 0 Å². The van der Waals surface area contributed by atoms with Crippen LogP contribution < -0.4 is 15.0 Å². The molecule has 1 heterocycles. The number of fused-ring (bicyclic) bond motifs is 1. The molecule has 0 bridgehead atoms. The maximum Gasteiger partial charge on any atom is 0.240 e. The number of carbonyl (C=O) groups excluding carboxylic acids is 1. The molecule has 98 valence electrons. The van der Waals surface area contributed by atoms with E-state index < -0.39 is 0 Å². The van der Waals surface area contributed by atoms with Crippen LogP contribution in [0.15, 0.2) is 18.2 Å². The fraction of sp³-hybridized carbons (Fsp3) is 0.500. The first kappa shape index (κ1) is 12.9. The number of likely N-dealkylation sites (N-methyl/N-ethyl adjacent to an activating group) is 2. The second-order valence-electron chi connectivity index (χ2n) is 4.48. The monoisotopic (exact) mass is 248 g/mol. The quantitative estimate of drug-likeness (QED) is 0.879. The minimum atomic E-state index is 0.0773. The van der Waals surface area contributed by atoms with Crippen molar-refractivity contribution in [3.05, 3.63) is 23.8 Å². The molecule has 4 heteroatoms. The summed E-state index contributed by atoms with van der Waals surface area (Å²) in [5.41, 5.74) is 2.13. The number of ether oxygens (including phenoxy) is 1. The Balaban J connectivity index is 2.10. The second-order valence-corrected chi connectivity index (χ2v) is 4.48. The van der Waals surface area contributed by atoms with E-state index in [1.54, 1.807) is 4.90 Å². The maximum atomic E-state index is 11.9. The van der Waals surface area contributed by atoms with Crippen LogP contribution in [-0.2, 0) is 11.2 Å². The minimum absolute atomic E-state index is 0.0773. The molecule has 1 aromatic carbocycles. The Hall–Kier alpha value is -1.55. The first-order valence-corrected chi connectivity index (χ1v) is 6.45. The van der Waals surface area contributed by atoms with Crippen LogP contribution in [0.3, 0.4) is 0 Å². The van der Waals surface area contributed by atoms with Crippen LogP contribution in [0, 0.1) is 0 Å². The summed E-state index contributed by atoms with van der Waals surface area (Å²) < 4.78 is 5.57. The number of aryl methyl sites for hydroxylation is 1. The second kappa shape index (κ2) is 5.87. The van der Waals surface area contributed by atoms with Crippen molar-refractivity contribution in [2.75, 3.05) is 31.6 Å². The van der Waals surface area contributed by atoms with Gasteiger partial charge in [0.1, 0.15) is 5.75 Å². The van der Waals surface area contributed by atoms with Gasteiger partial charge in [0.2, 0.25) is 5.91 Å². The Kier molecular flexibility index (Phi) is 4.20. The van der Waals surface area contributed by atoms with Crippen LogP contribution in [0.5, 0.6) is 5.75 Å². The van der Waals surface area contributed by atoms with Crippen LogP contribution in [0.4, 0.5) is 5.69 Å². The van der Waals surface area contributed by atoms with Gasteiger partial charge >= 0.3 is 0 Å². The number of benzene rings is 1. The van der Waals surface area contributed by atoms with E-state index in [4.69, 9.17) is 4.74 Å². The third-order valence-electron chi connectivity index (χ3n) is 3.18. The molecular formula is C14H20N2O2. The molecule has 0 aliphatic carbocycles. The van der Waals surface area contributed by atoms with Crippen molar-refractivity contribution in [2.45, 2.75) is 19.8 Å². The fourth-order valence-electron chi connectivity index (χ4n) is 2.05. The average Bonchev–Trinajstić information content (AvgIpc) is 2.43. The largest absolute Gasteiger partial charge is 0.493 e. The van der Waals surface area contributed by atoms with E-state index in [2.05, 4.69) is 11.4 Å². The Morgan fingerprint density at radius 2 is 2.33 bits per heavy atom. The van der Waals surface area contributed by atoms with E-state index in [1.165, 1.54) is 5.56 Å². The Labute approximate surface area is 108 Å². The first-order valence-electron chi connectivity index (χ1n) is 6.45. The molecule has 1 N–H and O–H groups in total. The van der Waals surface area contributed by atoms with E-state index in [1.807, 2.05) is 26.1 Å². The minimum Gasteiger partial charge on any atom is -0.493 e. The molecule has 0 saturated carbocycles. The van der Waals surface area contributed by atoms with Gasteiger partial charge in [0.25, 0.3) is 0 Å². The van der Waals surface area contributed by atoms with Crippen molar-refractivity contribution in [2.24, 2.45) is 0 Å². The van der Waals surface area contributed by atoms with Gasteiger partial charge in [-0.2, -0.15) is 0 Å². The van der Waals surface area contributed by atoms with Gasteiger partial charge in [0.15, 0.2) is 0 Å². The fourth-order valence-corrected chi connectivity index (χ4v) is 2.05. The van der Waals surface area contributed by atoms with E-state index in [0.717, 1.165) is 37.4 Å². The molecule has 0 fully saturated rings. The Bertz CT molecular complexity index is 432. The summed E-state index contributed by atoms with van der Waals surface area (Å²) >= 11 is 0. The molecule has 0 atom stereocenters. The third kappa shape index (κ3) is 2.82. The highest BCUT2D eigenvalue weighted by molar-refractivity contribution is 5.94. The molecule has 0 radical (unpaired) electrons.